The van der Waals surface area contributed by atoms with Gasteiger partial charge in [-0.15, -0.1) is 0 Å². The molecule has 1 aromatic heterocycles. The first-order chi connectivity index (χ1) is 18.8. The van der Waals surface area contributed by atoms with Crippen LogP contribution in [0.2, 0.25) is 0 Å². The van der Waals surface area contributed by atoms with Gasteiger partial charge in [0.25, 0.3) is 5.69 Å². The lowest BCUT2D eigenvalue weighted by atomic mass is 9.92. The number of pyridine rings is 1. The van der Waals surface area contributed by atoms with Crippen LogP contribution in [0.5, 0.6) is 5.88 Å². The van der Waals surface area contributed by atoms with E-state index in [0.29, 0.717) is 57.7 Å². The molecule has 1 amide bonds. The van der Waals surface area contributed by atoms with Crippen LogP contribution in [0.15, 0.2) is 36.5 Å². The largest absolute Gasteiger partial charge is 0.474 e. The second-order valence-corrected chi connectivity index (χ2v) is 11.0. The normalized spacial score (nSPS) is 20.1. The summed E-state index contributed by atoms with van der Waals surface area (Å²) in [7, 11) is 0. The van der Waals surface area contributed by atoms with Gasteiger partial charge in [-0.05, 0) is 64.7 Å². The van der Waals surface area contributed by atoms with Gasteiger partial charge in [0.1, 0.15) is 17.3 Å². The average Bonchev–Trinajstić information content (AvgIpc) is 2.88. The van der Waals surface area contributed by atoms with E-state index in [1.54, 1.807) is 11.1 Å². The monoisotopic (exact) mass is 565 g/mol. The molecule has 1 aromatic carbocycles. The second-order valence-electron chi connectivity index (χ2n) is 11.0. The number of benzene rings is 1. The second kappa shape index (κ2) is 11.8. The number of halogens is 3. The van der Waals surface area contributed by atoms with Crippen molar-refractivity contribution >= 4 is 23.2 Å². The van der Waals surface area contributed by atoms with E-state index in [2.05, 4.69) is 15.2 Å². The van der Waals surface area contributed by atoms with E-state index in [1.165, 1.54) is 6.07 Å². The molecule has 0 atom stereocenters. The van der Waals surface area contributed by atoms with E-state index in [1.807, 2.05) is 32.9 Å². The highest BCUT2D eigenvalue weighted by atomic mass is 19.4. The fraction of sp³-hybridized carbons (Fsp3) is 0.556. The van der Waals surface area contributed by atoms with Crippen LogP contribution in [-0.2, 0) is 10.9 Å². The summed E-state index contributed by atoms with van der Waals surface area (Å²) in [4.78, 5) is 30.5. The summed E-state index contributed by atoms with van der Waals surface area (Å²) in [5, 5.41) is 14.1. The van der Waals surface area contributed by atoms with E-state index in [4.69, 9.17) is 9.47 Å². The Balaban J connectivity index is 1.28. The molecule has 1 aliphatic heterocycles. The molecule has 1 N–H and O–H groups in total. The van der Waals surface area contributed by atoms with Crippen LogP contribution < -0.4 is 15.0 Å². The van der Waals surface area contributed by atoms with Gasteiger partial charge in [-0.1, -0.05) is 0 Å². The van der Waals surface area contributed by atoms with Crippen molar-refractivity contribution in [1.82, 2.24) is 9.88 Å². The zero-order valence-corrected chi connectivity index (χ0v) is 22.7. The number of hydrogen-bond donors (Lipinski definition) is 1. The Bertz CT molecular complexity index is 1200. The van der Waals surface area contributed by atoms with Crippen LogP contribution in [0.4, 0.5) is 35.0 Å². The van der Waals surface area contributed by atoms with Gasteiger partial charge in [-0.3, -0.25) is 10.1 Å². The summed E-state index contributed by atoms with van der Waals surface area (Å²) < 4.78 is 51.5. The number of alkyl halides is 3. The first-order valence-electron chi connectivity index (χ1n) is 13.3. The maximum absolute atomic E-state index is 13.3. The Hall–Kier alpha value is -3.77. The topological polar surface area (TPSA) is 110 Å². The Morgan fingerprint density at radius 3 is 2.33 bits per heavy atom. The Kier molecular flexibility index (Phi) is 8.59. The van der Waals surface area contributed by atoms with Crippen LogP contribution >= 0.6 is 0 Å². The molecule has 40 heavy (non-hydrogen) atoms. The molecular formula is C27H34F3N5O5. The van der Waals surface area contributed by atoms with E-state index < -0.39 is 28.0 Å². The summed E-state index contributed by atoms with van der Waals surface area (Å²) in [5.41, 5.74) is -1.62. The molecule has 1 saturated carbocycles. The molecule has 10 nitrogen and oxygen atoms in total. The fourth-order valence-electron chi connectivity index (χ4n) is 4.88. The van der Waals surface area contributed by atoms with Crippen molar-refractivity contribution in [3.05, 3.63) is 52.2 Å². The smallest absolute Gasteiger partial charge is 0.423 e. The minimum absolute atomic E-state index is 0.0806. The van der Waals surface area contributed by atoms with Gasteiger partial charge >= 0.3 is 12.3 Å². The summed E-state index contributed by atoms with van der Waals surface area (Å²) in [6.45, 7) is 7.92. The Labute approximate surface area is 230 Å². The highest BCUT2D eigenvalue weighted by Gasteiger charge is 2.38. The van der Waals surface area contributed by atoms with Crippen molar-refractivity contribution in [2.24, 2.45) is 0 Å². The molecule has 2 fully saturated rings. The molecule has 13 heteroatoms. The molecule has 1 aliphatic carbocycles. The number of anilines is 2. The summed E-state index contributed by atoms with van der Waals surface area (Å²) >= 11 is 0. The highest BCUT2D eigenvalue weighted by Crippen LogP contribution is 2.38. The van der Waals surface area contributed by atoms with Gasteiger partial charge in [0.2, 0.25) is 5.88 Å². The van der Waals surface area contributed by atoms with Crippen molar-refractivity contribution in [2.45, 2.75) is 70.4 Å². The van der Waals surface area contributed by atoms with Crippen molar-refractivity contribution in [1.29, 1.82) is 0 Å². The van der Waals surface area contributed by atoms with Crippen LogP contribution in [0, 0.1) is 10.1 Å². The van der Waals surface area contributed by atoms with Crippen molar-refractivity contribution in [3.8, 4) is 5.88 Å². The number of nitro groups is 1. The highest BCUT2D eigenvalue weighted by molar-refractivity contribution is 5.68. The molecule has 2 aromatic rings. The number of nitro benzene ring substituents is 1. The number of carbonyl (C=O) groups is 1. The third-order valence-electron chi connectivity index (χ3n) is 6.85. The fourth-order valence-corrected chi connectivity index (χ4v) is 4.88. The maximum Gasteiger partial charge on any atom is 0.423 e. The zero-order chi connectivity index (χ0) is 29.1. The first kappa shape index (κ1) is 29.2. The third-order valence-corrected chi connectivity index (χ3v) is 6.85. The summed E-state index contributed by atoms with van der Waals surface area (Å²) in [6, 6.07) is 6.68. The molecule has 4 rings (SSSR count). The predicted molar refractivity (Wildman–Crippen MR) is 143 cm³/mol. The van der Waals surface area contributed by atoms with Crippen molar-refractivity contribution in [3.63, 3.8) is 0 Å². The number of nitrogens with zero attached hydrogens (tertiary/aromatic N) is 4. The molecule has 2 heterocycles. The minimum Gasteiger partial charge on any atom is -0.474 e. The number of aromatic nitrogens is 1. The lowest BCUT2D eigenvalue weighted by Crippen LogP contribution is -2.50. The molecular weight excluding hydrogens is 531 g/mol. The number of hydrogen-bond acceptors (Lipinski definition) is 8. The number of amides is 1. The number of nitrogens with one attached hydrogen (secondary N) is 1. The minimum atomic E-state index is -4.82. The lowest BCUT2D eigenvalue weighted by molar-refractivity contribution is -0.388. The van der Waals surface area contributed by atoms with Crippen LogP contribution in [-0.4, -0.2) is 64.8 Å². The van der Waals surface area contributed by atoms with Gasteiger partial charge in [-0.25, -0.2) is 9.78 Å². The number of carbonyl (C=O) groups excluding carboxylic acids is 1. The maximum atomic E-state index is 13.3. The van der Waals surface area contributed by atoms with E-state index >= 15 is 0 Å². The van der Waals surface area contributed by atoms with Gasteiger partial charge in [0.05, 0.1) is 4.92 Å². The van der Waals surface area contributed by atoms with Gasteiger partial charge < -0.3 is 24.6 Å². The third kappa shape index (κ3) is 7.66. The molecule has 2 aliphatic rings. The van der Waals surface area contributed by atoms with Crippen molar-refractivity contribution in [2.75, 3.05) is 36.4 Å². The van der Waals surface area contributed by atoms with E-state index in [9.17, 15) is 28.1 Å². The molecule has 1 saturated heterocycles. The molecule has 0 spiro atoms. The lowest BCUT2D eigenvalue weighted by Gasteiger charge is -2.36. The number of rotatable bonds is 6. The summed E-state index contributed by atoms with van der Waals surface area (Å²) in [5.74, 6) is 0.494. The average molecular weight is 566 g/mol. The first-order valence-corrected chi connectivity index (χ1v) is 13.3. The number of ether oxygens (including phenoxy) is 2. The SMILES string of the molecule is CC(C)(C)OC(=O)N1CCN(c2ccnc(OC3CCC(Nc4ccc([N+](=O)[O-])c(C(F)(F)F)c4)CC3)c2)CC1. The molecule has 0 bridgehead atoms. The summed E-state index contributed by atoms with van der Waals surface area (Å²) in [6.07, 6.45) is -0.860. The van der Waals surface area contributed by atoms with Crippen LogP contribution in [0.25, 0.3) is 0 Å². The van der Waals surface area contributed by atoms with Gasteiger partial charge in [0.15, 0.2) is 0 Å². The van der Waals surface area contributed by atoms with Crippen molar-refractivity contribution < 1.29 is 32.4 Å². The molecule has 218 valence electrons. The van der Waals surface area contributed by atoms with E-state index in [0.717, 1.165) is 17.8 Å². The van der Waals surface area contributed by atoms with Crippen LogP contribution in [0.3, 0.4) is 0 Å². The Morgan fingerprint density at radius 1 is 1.05 bits per heavy atom. The zero-order valence-electron chi connectivity index (χ0n) is 22.7. The number of piperazine rings is 1. The molecule has 0 unspecified atom stereocenters. The standard InChI is InChI=1S/C27H34F3N5O5/c1-26(2,3)40-25(36)34-14-12-33(13-15-34)20-10-11-31-24(17-20)39-21-7-4-18(5-8-21)32-19-6-9-23(35(37)38)22(16-19)27(28,29)30/h6,9-11,16-18,21,32H,4-5,7-8,12-15H2,1-3H3. The van der Waals surface area contributed by atoms with Gasteiger partial charge in [0, 0.05) is 61.9 Å². The quantitative estimate of drug-likeness (QED) is 0.342. The molecule has 0 radical (unpaired) electrons. The van der Waals surface area contributed by atoms with Gasteiger partial charge in [-0.2, -0.15) is 13.2 Å². The van der Waals surface area contributed by atoms with E-state index in [-0.39, 0.29) is 23.9 Å². The Morgan fingerprint density at radius 2 is 1.73 bits per heavy atom. The van der Waals surface area contributed by atoms with Crippen LogP contribution in [0.1, 0.15) is 52.0 Å². The predicted octanol–water partition coefficient (Wildman–Crippen LogP) is 5.87.